The molecule has 3 aromatic heterocycles. The standard InChI is InChI=1S/C24H16ClF3N6O3/c25-34(37-7-6-35)24(36)22-17(27)9-14(10-18(22)28)19-3-4-20-23(30-19)33(32-31-20)12-15-8-13-2-1-5-29-21(13)11-16(15)26/h1-5,8-11,35H,6-7,12H2. The largest absolute Gasteiger partial charge is 0.394 e. The number of halogens is 4. The van der Waals surface area contributed by atoms with Crippen LogP contribution >= 0.6 is 11.8 Å². The van der Waals surface area contributed by atoms with Gasteiger partial charge in [0, 0.05) is 40.6 Å². The monoisotopic (exact) mass is 528 g/mol. The summed E-state index contributed by atoms with van der Waals surface area (Å²) in [5.41, 5.74) is 0.735. The highest BCUT2D eigenvalue weighted by Crippen LogP contribution is 2.27. The molecule has 5 rings (SSSR count). The van der Waals surface area contributed by atoms with E-state index < -0.39 is 35.5 Å². The van der Waals surface area contributed by atoms with E-state index >= 15 is 0 Å². The average molecular weight is 529 g/mol. The minimum atomic E-state index is -1.28. The number of hydrogen-bond acceptors (Lipinski definition) is 7. The summed E-state index contributed by atoms with van der Waals surface area (Å²) in [6.45, 7) is -0.800. The summed E-state index contributed by atoms with van der Waals surface area (Å²) in [5, 5.41) is 17.6. The van der Waals surface area contributed by atoms with Crippen LogP contribution in [0.1, 0.15) is 15.9 Å². The van der Waals surface area contributed by atoms with Crippen LogP contribution < -0.4 is 0 Å². The Morgan fingerprint density at radius 1 is 1.05 bits per heavy atom. The van der Waals surface area contributed by atoms with Crippen molar-refractivity contribution in [3.05, 3.63) is 83.3 Å². The molecule has 9 nitrogen and oxygen atoms in total. The number of amides is 1. The Morgan fingerprint density at radius 2 is 1.84 bits per heavy atom. The SMILES string of the molecule is O=C(c1c(F)cc(-c2ccc3nnn(Cc4cc5cccnc5cc4F)c3n2)cc1F)N(Cl)OCCO. The van der Waals surface area contributed by atoms with Crippen LogP contribution in [0.3, 0.4) is 0 Å². The maximum Gasteiger partial charge on any atom is 0.298 e. The smallest absolute Gasteiger partial charge is 0.298 e. The first-order chi connectivity index (χ1) is 17.9. The van der Waals surface area contributed by atoms with E-state index in [1.807, 2.05) is 0 Å². The number of benzene rings is 2. The van der Waals surface area contributed by atoms with Gasteiger partial charge in [-0.15, -0.1) is 9.68 Å². The lowest BCUT2D eigenvalue weighted by Gasteiger charge is -2.14. The van der Waals surface area contributed by atoms with E-state index in [-0.39, 0.29) is 34.6 Å². The number of fused-ring (bicyclic) bond motifs is 2. The lowest BCUT2D eigenvalue weighted by Crippen LogP contribution is -2.25. The molecule has 188 valence electrons. The molecule has 0 saturated heterocycles. The molecule has 0 radical (unpaired) electrons. The van der Waals surface area contributed by atoms with Gasteiger partial charge in [-0.25, -0.2) is 22.8 Å². The Hall–Kier alpha value is -4.13. The molecule has 0 unspecified atom stereocenters. The molecule has 0 aliphatic heterocycles. The van der Waals surface area contributed by atoms with Crippen LogP contribution in [0.25, 0.3) is 33.3 Å². The maximum atomic E-state index is 14.8. The molecule has 0 aliphatic rings. The van der Waals surface area contributed by atoms with E-state index in [0.29, 0.717) is 16.6 Å². The Morgan fingerprint density at radius 3 is 2.59 bits per heavy atom. The topological polar surface area (TPSA) is 106 Å². The zero-order valence-corrected chi connectivity index (χ0v) is 19.5. The molecule has 0 aliphatic carbocycles. The van der Waals surface area contributed by atoms with Crippen molar-refractivity contribution in [3.63, 3.8) is 0 Å². The maximum absolute atomic E-state index is 14.8. The second-order valence-electron chi connectivity index (χ2n) is 7.85. The summed E-state index contributed by atoms with van der Waals surface area (Å²) < 4.78 is 45.7. The van der Waals surface area contributed by atoms with Gasteiger partial charge in [0.25, 0.3) is 5.91 Å². The van der Waals surface area contributed by atoms with Gasteiger partial charge < -0.3 is 5.11 Å². The molecule has 2 aromatic carbocycles. The van der Waals surface area contributed by atoms with Crippen LogP contribution in [0.5, 0.6) is 0 Å². The third-order valence-corrected chi connectivity index (χ3v) is 5.71. The molecule has 0 fully saturated rings. The zero-order valence-electron chi connectivity index (χ0n) is 18.8. The number of nitrogens with zero attached hydrogens (tertiary/aromatic N) is 6. The van der Waals surface area contributed by atoms with Gasteiger partial charge >= 0.3 is 0 Å². The summed E-state index contributed by atoms with van der Waals surface area (Å²) in [6, 6.07) is 11.4. The lowest BCUT2D eigenvalue weighted by molar-refractivity contribution is -0.0700. The predicted molar refractivity (Wildman–Crippen MR) is 127 cm³/mol. The van der Waals surface area contributed by atoms with Gasteiger partial charge in [0.05, 0.1) is 31.0 Å². The molecule has 0 saturated carbocycles. The first kappa shape index (κ1) is 24.6. The molecular formula is C24H16ClF3N6O3. The highest BCUT2D eigenvalue weighted by atomic mass is 35.5. The number of aromatic nitrogens is 5. The third kappa shape index (κ3) is 4.81. The average Bonchev–Trinajstić information content (AvgIpc) is 3.29. The van der Waals surface area contributed by atoms with Gasteiger partial charge in [0.2, 0.25) is 0 Å². The Kier molecular flexibility index (Phi) is 6.70. The fourth-order valence-electron chi connectivity index (χ4n) is 3.74. The van der Waals surface area contributed by atoms with E-state index in [1.54, 1.807) is 30.5 Å². The van der Waals surface area contributed by atoms with Crippen molar-refractivity contribution < 1.29 is 27.9 Å². The van der Waals surface area contributed by atoms with E-state index in [0.717, 1.165) is 17.5 Å². The van der Waals surface area contributed by atoms with E-state index in [2.05, 4.69) is 25.1 Å². The van der Waals surface area contributed by atoms with Gasteiger partial charge in [-0.05, 0) is 36.4 Å². The Bertz CT molecular complexity index is 1620. The third-order valence-electron chi connectivity index (χ3n) is 5.46. The summed E-state index contributed by atoms with van der Waals surface area (Å²) in [7, 11) is 0. The normalized spacial score (nSPS) is 11.4. The number of pyridine rings is 2. The first-order valence-corrected chi connectivity index (χ1v) is 11.2. The minimum absolute atomic E-state index is 0.000814. The molecule has 1 N–H and O–H groups in total. The summed E-state index contributed by atoms with van der Waals surface area (Å²) in [6.07, 6.45) is 1.57. The van der Waals surface area contributed by atoms with Crippen molar-refractivity contribution in [3.8, 4) is 11.3 Å². The van der Waals surface area contributed by atoms with Crippen molar-refractivity contribution in [1.82, 2.24) is 29.5 Å². The van der Waals surface area contributed by atoms with E-state index in [9.17, 15) is 18.0 Å². The number of hydroxylamine groups is 1. The van der Waals surface area contributed by atoms with Gasteiger partial charge in [-0.2, -0.15) is 0 Å². The van der Waals surface area contributed by atoms with Crippen molar-refractivity contribution in [2.75, 3.05) is 13.2 Å². The number of carbonyl (C=O) groups excluding carboxylic acids is 1. The number of aliphatic hydroxyl groups is 1. The molecule has 13 heteroatoms. The fourth-order valence-corrected chi connectivity index (χ4v) is 3.89. The van der Waals surface area contributed by atoms with Gasteiger partial charge in [-0.3, -0.25) is 14.6 Å². The van der Waals surface area contributed by atoms with Crippen molar-refractivity contribution in [2.45, 2.75) is 6.54 Å². The number of carbonyl (C=O) groups is 1. The van der Waals surface area contributed by atoms with Crippen LogP contribution in [0.2, 0.25) is 0 Å². The molecular weight excluding hydrogens is 513 g/mol. The zero-order chi connectivity index (χ0) is 26.1. The molecule has 3 heterocycles. The predicted octanol–water partition coefficient (Wildman–Crippen LogP) is 4.03. The van der Waals surface area contributed by atoms with Crippen LogP contribution in [-0.2, 0) is 11.4 Å². The van der Waals surface area contributed by atoms with E-state index in [1.165, 1.54) is 16.8 Å². The molecule has 0 bridgehead atoms. The minimum Gasteiger partial charge on any atom is -0.394 e. The molecule has 0 atom stereocenters. The van der Waals surface area contributed by atoms with Crippen molar-refractivity contribution in [1.29, 1.82) is 0 Å². The van der Waals surface area contributed by atoms with Crippen LogP contribution in [0.4, 0.5) is 13.2 Å². The molecule has 1 amide bonds. The summed E-state index contributed by atoms with van der Waals surface area (Å²) in [4.78, 5) is 25.5. The molecule has 37 heavy (non-hydrogen) atoms. The quantitative estimate of drug-likeness (QED) is 0.251. The van der Waals surface area contributed by atoms with Gasteiger partial charge in [-0.1, -0.05) is 11.3 Å². The van der Waals surface area contributed by atoms with Gasteiger partial charge in [0.1, 0.15) is 28.5 Å². The lowest BCUT2D eigenvalue weighted by atomic mass is 10.1. The fraction of sp³-hybridized carbons (Fsp3) is 0.125. The van der Waals surface area contributed by atoms with Gasteiger partial charge in [0.15, 0.2) is 5.65 Å². The van der Waals surface area contributed by atoms with Crippen molar-refractivity contribution in [2.24, 2.45) is 0 Å². The Balaban J connectivity index is 1.48. The highest BCUT2D eigenvalue weighted by Gasteiger charge is 2.25. The van der Waals surface area contributed by atoms with Crippen molar-refractivity contribution >= 4 is 39.8 Å². The first-order valence-electron chi connectivity index (χ1n) is 10.8. The second kappa shape index (κ2) is 10.1. The molecule has 5 aromatic rings. The van der Waals surface area contributed by atoms with E-state index in [4.69, 9.17) is 16.9 Å². The second-order valence-corrected chi connectivity index (χ2v) is 8.15. The van der Waals surface area contributed by atoms with Crippen LogP contribution in [0, 0.1) is 17.5 Å². The summed E-state index contributed by atoms with van der Waals surface area (Å²) >= 11 is 5.58. The van der Waals surface area contributed by atoms with Crippen LogP contribution in [-0.4, -0.2) is 53.8 Å². The number of aliphatic hydroxyl groups excluding tert-OH is 1. The van der Waals surface area contributed by atoms with Crippen LogP contribution in [0.15, 0.2) is 54.7 Å². The summed E-state index contributed by atoms with van der Waals surface area (Å²) in [5.74, 6) is -4.15. The highest BCUT2D eigenvalue weighted by molar-refractivity contribution is 6.23. The number of rotatable bonds is 7. The Labute approximate surface area is 211 Å². The molecule has 0 spiro atoms. The number of hydrogen-bond donors (Lipinski definition) is 1.